The first-order chi connectivity index (χ1) is 10.7. The van der Waals surface area contributed by atoms with Crippen LogP contribution >= 0.6 is 0 Å². The fourth-order valence-corrected chi connectivity index (χ4v) is 3.66. The summed E-state index contributed by atoms with van der Waals surface area (Å²) in [5.41, 5.74) is 3.37. The van der Waals surface area contributed by atoms with Crippen LogP contribution in [0, 0.1) is 5.92 Å². The lowest BCUT2D eigenvalue weighted by Crippen LogP contribution is -2.29. The quantitative estimate of drug-likeness (QED) is 0.512. The minimum absolute atomic E-state index is 0.631. The van der Waals surface area contributed by atoms with Crippen LogP contribution in [0.1, 0.15) is 75.8 Å². The largest absolute Gasteiger partial charge is 0.488 e. The molecule has 0 bridgehead atoms. The van der Waals surface area contributed by atoms with E-state index in [0.717, 1.165) is 12.3 Å². The van der Waals surface area contributed by atoms with Crippen LogP contribution in [0.15, 0.2) is 18.2 Å². The zero-order valence-corrected chi connectivity index (χ0v) is 14.1. The highest BCUT2D eigenvalue weighted by Crippen LogP contribution is 2.29. The molecule has 2 nitrogen and oxygen atoms in total. The van der Waals surface area contributed by atoms with Crippen molar-refractivity contribution >= 4 is 12.6 Å². The summed E-state index contributed by atoms with van der Waals surface area (Å²) in [5, 5.41) is 18.5. The molecule has 0 aliphatic heterocycles. The molecule has 0 radical (unpaired) electrons. The lowest BCUT2D eigenvalue weighted by atomic mass is 9.79. The van der Waals surface area contributed by atoms with Gasteiger partial charge < -0.3 is 10.0 Å². The summed E-state index contributed by atoms with van der Waals surface area (Å²) in [6.45, 7) is 2.27. The maximum Gasteiger partial charge on any atom is 0.488 e. The first-order valence-corrected chi connectivity index (χ1v) is 9.18. The lowest BCUT2D eigenvalue weighted by molar-refractivity contribution is 0.425. The molecule has 1 aliphatic rings. The zero-order chi connectivity index (χ0) is 15.8. The number of rotatable bonds is 10. The summed E-state index contributed by atoms with van der Waals surface area (Å²) in [6.07, 6.45) is 14.7. The van der Waals surface area contributed by atoms with Crippen molar-refractivity contribution in [3.8, 4) is 0 Å². The van der Waals surface area contributed by atoms with Gasteiger partial charge in [0.1, 0.15) is 0 Å². The maximum atomic E-state index is 9.25. The van der Waals surface area contributed by atoms with Crippen molar-refractivity contribution in [2.45, 2.75) is 77.6 Å². The Bertz CT molecular complexity index is 445. The molecule has 1 aliphatic carbocycles. The number of benzene rings is 1. The van der Waals surface area contributed by atoms with Crippen LogP contribution in [0.2, 0.25) is 0 Å². The second kappa shape index (κ2) is 9.37. The van der Waals surface area contributed by atoms with Gasteiger partial charge in [0.15, 0.2) is 0 Å². The van der Waals surface area contributed by atoms with Crippen molar-refractivity contribution in [2.75, 3.05) is 0 Å². The van der Waals surface area contributed by atoms with E-state index in [4.69, 9.17) is 0 Å². The number of hydrogen-bond donors (Lipinski definition) is 2. The Labute approximate surface area is 136 Å². The van der Waals surface area contributed by atoms with Gasteiger partial charge in [0, 0.05) is 0 Å². The Kier molecular flexibility index (Phi) is 7.48. The Morgan fingerprint density at radius 3 is 2.23 bits per heavy atom. The van der Waals surface area contributed by atoms with Crippen LogP contribution in [-0.4, -0.2) is 17.2 Å². The van der Waals surface area contributed by atoms with E-state index in [1.807, 2.05) is 12.1 Å². The van der Waals surface area contributed by atoms with Crippen molar-refractivity contribution in [1.29, 1.82) is 0 Å². The molecule has 0 spiro atoms. The maximum absolute atomic E-state index is 9.25. The van der Waals surface area contributed by atoms with Gasteiger partial charge in [0.05, 0.1) is 0 Å². The Morgan fingerprint density at radius 2 is 1.55 bits per heavy atom. The molecule has 0 fully saturated rings. The van der Waals surface area contributed by atoms with Gasteiger partial charge in [-0.15, -0.1) is 0 Å². The standard InChI is InChI=1S/C19H31BO2/c1-2-3-4-5-6-7-8-9-10-16-13-17-11-12-19(20(21)22)15-18(17)14-16/h11-12,15-16,21-22H,2-10,13-14H2,1H3. The minimum atomic E-state index is -1.34. The van der Waals surface area contributed by atoms with Crippen molar-refractivity contribution in [2.24, 2.45) is 5.92 Å². The third-order valence-electron chi connectivity index (χ3n) is 5.01. The fraction of sp³-hybridized carbons (Fsp3) is 0.684. The van der Waals surface area contributed by atoms with E-state index in [-0.39, 0.29) is 0 Å². The molecule has 0 saturated heterocycles. The summed E-state index contributed by atoms with van der Waals surface area (Å²) in [7, 11) is -1.34. The van der Waals surface area contributed by atoms with E-state index >= 15 is 0 Å². The molecule has 3 heteroatoms. The second-order valence-corrected chi connectivity index (χ2v) is 6.94. The minimum Gasteiger partial charge on any atom is -0.423 e. The fourth-order valence-electron chi connectivity index (χ4n) is 3.66. The summed E-state index contributed by atoms with van der Waals surface area (Å²) in [5.74, 6) is 0.765. The van der Waals surface area contributed by atoms with Gasteiger partial charge >= 0.3 is 7.12 Å². The summed E-state index contributed by atoms with van der Waals surface area (Å²) in [6, 6.07) is 5.91. The Morgan fingerprint density at radius 1 is 0.909 bits per heavy atom. The first-order valence-electron chi connectivity index (χ1n) is 9.18. The summed E-state index contributed by atoms with van der Waals surface area (Å²) in [4.78, 5) is 0. The van der Waals surface area contributed by atoms with Gasteiger partial charge in [-0.25, -0.2) is 0 Å². The predicted molar refractivity (Wildman–Crippen MR) is 94.4 cm³/mol. The molecule has 1 atom stereocenters. The van der Waals surface area contributed by atoms with Gasteiger partial charge in [-0.2, -0.15) is 0 Å². The highest BCUT2D eigenvalue weighted by molar-refractivity contribution is 6.58. The molecule has 22 heavy (non-hydrogen) atoms. The monoisotopic (exact) mass is 302 g/mol. The molecule has 0 amide bonds. The average molecular weight is 302 g/mol. The molecule has 122 valence electrons. The first kappa shape index (κ1) is 17.6. The Balaban J connectivity index is 1.61. The van der Waals surface area contributed by atoms with Gasteiger partial charge in [-0.05, 0) is 41.8 Å². The predicted octanol–water partition coefficient (Wildman–Crippen LogP) is 3.61. The van der Waals surface area contributed by atoms with Crippen LogP contribution in [0.4, 0.5) is 0 Å². The smallest absolute Gasteiger partial charge is 0.423 e. The van der Waals surface area contributed by atoms with Gasteiger partial charge in [0.2, 0.25) is 0 Å². The molecular formula is C19H31BO2. The zero-order valence-electron chi connectivity index (χ0n) is 14.1. The van der Waals surface area contributed by atoms with Crippen molar-refractivity contribution in [3.05, 3.63) is 29.3 Å². The molecule has 2 rings (SSSR count). The molecule has 0 aromatic heterocycles. The van der Waals surface area contributed by atoms with E-state index in [9.17, 15) is 10.0 Å². The van der Waals surface area contributed by atoms with Gasteiger partial charge in [-0.3, -0.25) is 0 Å². The summed E-state index contributed by atoms with van der Waals surface area (Å²) < 4.78 is 0. The number of hydrogen-bond acceptors (Lipinski definition) is 2. The number of fused-ring (bicyclic) bond motifs is 1. The topological polar surface area (TPSA) is 40.5 Å². The second-order valence-electron chi connectivity index (χ2n) is 6.94. The van der Waals surface area contributed by atoms with E-state index in [1.54, 1.807) is 0 Å². The van der Waals surface area contributed by atoms with Crippen LogP contribution in [0.25, 0.3) is 0 Å². The SMILES string of the molecule is CCCCCCCCCCC1Cc2ccc(B(O)O)cc2C1. The van der Waals surface area contributed by atoms with E-state index in [2.05, 4.69) is 13.0 Å². The third kappa shape index (κ3) is 5.44. The highest BCUT2D eigenvalue weighted by Gasteiger charge is 2.22. The van der Waals surface area contributed by atoms with E-state index in [0.29, 0.717) is 5.46 Å². The Hall–Kier alpha value is -0.795. The molecule has 1 aromatic rings. The molecule has 1 unspecified atom stereocenters. The number of unbranched alkanes of at least 4 members (excludes halogenated alkanes) is 7. The van der Waals surface area contributed by atoms with Gasteiger partial charge in [-0.1, -0.05) is 76.5 Å². The normalized spacial score (nSPS) is 16.8. The summed E-state index contributed by atoms with van der Waals surface area (Å²) >= 11 is 0. The molecular weight excluding hydrogens is 271 g/mol. The van der Waals surface area contributed by atoms with Crippen LogP contribution < -0.4 is 5.46 Å². The van der Waals surface area contributed by atoms with Crippen LogP contribution in [0.3, 0.4) is 0 Å². The molecule has 0 saturated carbocycles. The molecule has 1 aromatic carbocycles. The van der Waals surface area contributed by atoms with Crippen LogP contribution in [0.5, 0.6) is 0 Å². The average Bonchev–Trinajstić information content (AvgIpc) is 2.91. The van der Waals surface area contributed by atoms with Crippen molar-refractivity contribution in [3.63, 3.8) is 0 Å². The van der Waals surface area contributed by atoms with E-state index in [1.165, 1.54) is 75.3 Å². The van der Waals surface area contributed by atoms with Crippen molar-refractivity contribution < 1.29 is 10.0 Å². The third-order valence-corrected chi connectivity index (χ3v) is 5.01. The molecule has 2 N–H and O–H groups in total. The van der Waals surface area contributed by atoms with Gasteiger partial charge in [0.25, 0.3) is 0 Å². The van der Waals surface area contributed by atoms with E-state index < -0.39 is 7.12 Å². The van der Waals surface area contributed by atoms with Crippen LogP contribution in [-0.2, 0) is 12.8 Å². The highest BCUT2D eigenvalue weighted by atomic mass is 16.4. The lowest BCUT2D eigenvalue weighted by Gasteiger charge is -2.08. The molecule has 0 heterocycles. The van der Waals surface area contributed by atoms with Crippen molar-refractivity contribution in [1.82, 2.24) is 0 Å².